The van der Waals surface area contributed by atoms with Crippen LogP contribution >= 0.6 is 22.9 Å². The number of aromatic nitrogens is 1. The molecule has 0 amide bonds. The Labute approximate surface area is 121 Å². The smallest absolute Gasteiger partial charge is 0.0737 e. The van der Waals surface area contributed by atoms with Gasteiger partial charge in [-0.15, -0.1) is 11.3 Å². The van der Waals surface area contributed by atoms with Gasteiger partial charge in [-0.1, -0.05) is 17.7 Å². The highest BCUT2D eigenvalue weighted by Gasteiger charge is 2.08. The molecule has 0 bridgehead atoms. The molecule has 3 rings (SSSR count). The van der Waals surface area contributed by atoms with Crippen LogP contribution < -0.4 is 5.32 Å². The number of hydrogen-bond donors (Lipinski definition) is 1. The quantitative estimate of drug-likeness (QED) is 0.723. The van der Waals surface area contributed by atoms with E-state index in [0.717, 1.165) is 16.6 Å². The van der Waals surface area contributed by atoms with E-state index in [1.807, 2.05) is 30.5 Å². The number of thiophene rings is 1. The van der Waals surface area contributed by atoms with Gasteiger partial charge in [0.15, 0.2) is 0 Å². The number of fused-ring (bicyclic) bond motifs is 1. The van der Waals surface area contributed by atoms with E-state index in [-0.39, 0.29) is 6.04 Å². The largest absolute Gasteiger partial charge is 0.377 e. The van der Waals surface area contributed by atoms with Crippen LogP contribution in [0, 0.1) is 0 Å². The normalized spacial score (nSPS) is 12.5. The predicted molar refractivity (Wildman–Crippen MR) is 83.1 cm³/mol. The van der Waals surface area contributed by atoms with E-state index >= 15 is 0 Å². The molecule has 2 aromatic heterocycles. The summed E-state index contributed by atoms with van der Waals surface area (Å²) < 4.78 is 0. The Hall–Kier alpha value is -1.58. The third-order valence-electron chi connectivity index (χ3n) is 3.05. The molecule has 0 aliphatic carbocycles. The molecule has 0 aliphatic rings. The molecule has 0 spiro atoms. The molecule has 0 saturated heterocycles. The Morgan fingerprint density at radius 2 is 2.16 bits per heavy atom. The summed E-state index contributed by atoms with van der Waals surface area (Å²) in [5, 5.41) is 7.43. The zero-order valence-electron chi connectivity index (χ0n) is 10.4. The van der Waals surface area contributed by atoms with Crippen molar-refractivity contribution in [3.63, 3.8) is 0 Å². The van der Waals surface area contributed by atoms with Crippen molar-refractivity contribution in [1.82, 2.24) is 4.98 Å². The standard InChI is InChI=1S/C15H13ClN2S/c1-10(15-3-2-8-19-15)18-13-6-7-17-14-9-11(16)4-5-12(13)14/h2-10H,1H3,(H,17,18). The maximum Gasteiger partial charge on any atom is 0.0737 e. The number of pyridine rings is 1. The molecule has 96 valence electrons. The van der Waals surface area contributed by atoms with Crippen molar-refractivity contribution >= 4 is 39.5 Å². The average Bonchev–Trinajstić information content (AvgIpc) is 2.92. The van der Waals surface area contributed by atoms with Gasteiger partial charge in [-0.3, -0.25) is 4.98 Å². The Balaban J connectivity index is 1.97. The molecule has 0 radical (unpaired) electrons. The van der Waals surface area contributed by atoms with Gasteiger partial charge in [-0.2, -0.15) is 0 Å². The first kappa shape index (κ1) is 12.5. The van der Waals surface area contributed by atoms with E-state index < -0.39 is 0 Å². The first-order valence-corrected chi connectivity index (χ1v) is 7.34. The van der Waals surface area contributed by atoms with Crippen molar-refractivity contribution in [2.24, 2.45) is 0 Å². The summed E-state index contributed by atoms with van der Waals surface area (Å²) in [5.41, 5.74) is 2.00. The Morgan fingerprint density at radius 1 is 1.26 bits per heavy atom. The lowest BCUT2D eigenvalue weighted by Crippen LogP contribution is -2.05. The van der Waals surface area contributed by atoms with Gasteiger partial charge in [-0.25, -0.2) is 0 Å². The maximum absolute atomic E-state index is 6.00. The van der Waals surface area contributed by atoms with Gasteiger partial charge in [0.25, 0.3) is 0 Å². The van der Waals surface area contributed by atoms with E-state index in [4.69, 9.17) is 11.6 Å². The first-order chi connectivity index (χ1) is 9.24. The fourth-order valence-corrected chi connectivity index (χ4v) is 2.99. The molecule has 1 aromatic carbocycles. The topological polar surface area (TPSA) is 24.9 Å². The van der Waals surface area contributed by atoms with Gasteiger partial charge in [-0.05, 0) is 42.6 Å². The molecule has 1 atom stereocenters. The lowest BCUT2D eigenvalue weighted by molar-refractivity contribution is 0.910. The van der Waals surface area contributed by atoms with Crippen LogP contribution in [0.15, 0.2) is 48.0 Å². The zero-order chi connectivity index (χ0) is 13.2. The molecule has 3 aromatic rings. The van der Waals surface area contributed by atoms with Crippen LogP contribution in [-0.2, 0) is 0 Å². The van der Waals surface area contributed by atoms with Crippen LogP contribution in [0.4, 0.5) is 5.69 Å². The number of anilines is 1. The van der Waals surface area contributed by atoms with Gasteiger partial charge in [0, 0.05) is 27.2 Å². The summed E-state index contributed by atoms with van der Waals surface area (Å²) in [7, 11) is 0. The number of nitrogens with one attached hydrogen (secondary N) is 1. The lowest BCUT2D eigenvalue weighted by Gasteiger charge is -2.15. The highest BCUT2D eigenvalue weighted by Crippen LogP contribution is 2.28. The highest BCUT2D eigenvalue weighted by molar-refractivity contribution is 7.10. The average molecular weight is 289 g/mol. The number of nitrogens with zero attached hydrogens (tertiary/aromatic N) is 1. The summed E-state index contributed by atoms with van der Waals surface area (Å²) >= 11 is 7.76. The van der Waals surface area contributed by atoms with Crippen LogP contribution in [0.1, 0.15) is 17.8 Å². The van der Waals surface area contributed by atoms with Crippen LogP contribution in [0.3, 0.4) is 0 Å². The fourth-order valence-electron chi connectivity index (χ4n) is 2.09. The van der Waals surface area contributed by atoms with Gasteiger partial charge >= 0.3 is 0 Å². The van der Waals surface area contributed by atoms with Crippen LogP contribution in [-0.4, -0.2) is 4.98 Å². The molecule has 4 heteroatoms. The molecular weight excluding hydrogens is 276 g/mol. The Morgan fingerprint density at radius 3 is 2.95 bits per heavy atom. The van der Waals surface area contributed by atoms with Gasteiger partial charge in [0.2, 0.25) is 0 Å². The van der Waals surface area contributed by atoms with Crippen LogP contribution in [0.5, 0.6) is 0 Å². The van der Waals surface area contributed by atoms with Gasteiger partial charge in [0.1, 0.15) is 0 Å². The minimum atomic E-state index is 0.279. The van der Waals surface area contributed by atoms with E-state index in [2.05, 4.69) is 34.7 Å². The van der Waals surface area contributed by atoms with Crippen molar-refractivity contribution in [3.8, 4) is 0 Å². The van der Waals surface area contributed by atoms with Crippen LogP contribution in [0.2, 0.25) is 5.02 Å². The highest BCUT2D eigenvalue weighted by atomic mass is 35.5. The van der Waals surface area contributed by atoms with E-state index in [0.29, 0.717) is 5.02 Å². The summed E-state index contributed by atoms with van der Waals surface area (Å²) in [6, 6.07) is 12.3. The number of benzene rings is 1. The molecule has 2 nitrogen and oxygen atoms in total. The third kappa shape index (κ3) is 2.57. The number of rotatable bonds is 3. The number of halogens is 1. The molecule has 0 aliphatic heterocycles. The Bertz CT molecular complexity index is 694. The zero-order valence-corrected chi connectivity index (χ0v) is 12.0. The second kappa shape index (κ2) is 5.19. The van der Waals surface area contributed by atoms with E-state index in [1.54, 1.807) is 11.3 Å². The summed E-state index contributed by atoms with van der Waals surface area (Å²) in [6.07, 6.45) is 1.81. The van der Waals surface area contributed by atoms with Gasteiger partial charge in [0.05, 0.1) is 11.6 Å². The number of hydrogen-bond acceptors (Lipinski definition) is 3. The minimum absolute atomic E-state index is 0.279. The summed E-state index contributed by atoms with van der Waals surface area (Å²) in [6.45, 7) is 2.16. The monoisotopic (exact) mass is 288 g/mol. The van der Waals surface area contributed by atoms with E-state index in [1.165, 1.54) is 4.88 Å². The molecule has 19 heavy (non-hydrogen) atoms. The second-order valence-corrected chi connectivity index (χ2v) is 5.82. The SMILES string of the molecule is CC(Nc1ccnc2cc(Cl)ccc12)c1cccs1. The lowest BCUT2D eigenvalue weighted by atomic mass is 10.1. The molecule has 2 heterocycles. The van der Waals surface area contributed by atoms with Gasteiger partial charge < -0.3 is 5.32 Å². The maximum atomic E-state index is 6.00. The van der Waals surface area contributed by atoms with E-state index in [9.17, 15) is 0 Å². The molecule has 1 unspecified atom stereocenters. The second-order valence-electron chi connectivity index (χ2n) is 4.40. The molecule has 0 saturated carbocycles. The van der Waals surface area contributed by atoms with Crippen LogP contribution in [0.25, 0.3) is 10.9 Å². The van der Waals surface area contributed by atoms with Crippen molar-refractivity contribution < 1.29 is 0 Å². The fraction of sp³-hybridized carbons (Fsp3) is 0.133. The summed E-state index contributed by atoms with van der Waals surface area (Å²) in [4.78, 5) is 5.67. The predicted octanol–water partition coefficient (Wildman–Crippen LogP) is 5.12. The summed E-state index contributed by atoms with van der Waals surface area (Å²) in [5.74, 6) is 0. The molecular formula is C15H13ClN2S. The van der Waals surface area contributed by atoms with Crippen molar-refractivity contribution in [3.05, 3.63) is 57.9 Å². The van der Waals surface area contributed by atoms with Crippen molar-refractivity contribution in [2.45, 2.75) is 13.0 Å². The first-order valence-electron chi connectivity index (χ1n) is 6.08. The minimum Gasteiger partial charge on any atom is -0.377 e. The molecule has 1 N–H and O–H groups in total. The van der Waals surface area contributed by atoms with Crippen molar-refractivity contribution in [2.75, 3.05) is 5.32 Å². The Kier molecular flexibility index (Phi) is 3.40. The molecule has 0 fully saturated rings. The van der Waals surface area contributed by atoms with Crippen molar-refractivity contribution in [1.29, 1.82) is 0 Å². The third-order valence-corrected chi connectivity index (χ3v) is 4.34.